The number of ether oxygens (including phenoxy) is 1. The number of benzene rings is 2. The molecular formula is C26H23F2NO4. The first-order chi connectivity index (χ1) is 15.7. The second kappa shape index (κ2) is 8.65. The molecule has 5 nitrogen and oxygen atoms in total. The first-order valence-corrected chi connectivity index (χ1v) is 10.6. The first kappa shape index (κ1) is 22.5. The minimum Gasteiger partial charge on any atom is -0.485 e. The van der Waals surface area contributed by atoms with E-state index in [1.807, 2.05) is 25.2 Å². The third kappa shape index (κ3) is 4.06. The predicted octanol–water partition coefficient (Wildman–Crippen LogP) is 5.66. The standard InChI is InChI=1S/C26H23F2NO4/c1-13-11-17(15(3)32-20-10-9-19(27)22(28)21(20)26(29)31)25-18(12-13)23(30)14(2)24(33-25)16-7-5-4-6-8-16/h5,7-12,15H,4,6H2,1-3H3,(H2,29,31). The number of hydrogen-bond donors (Lipinski definition) is 1. The summed E-state index contributed by atoms with van der Waals surface area (Å²) in [7, 11) is 0. The average molecular weight is 451 g/mol. The summed E-state index contributed by atoms with van der Waals surface area (Å²) in [6, 6.07) is 5.55. The number of carbonyl (C=O) groups excluding carboxylic acids is 1. The Morgan fingerprint density at radius 1 is 1.18 bits per heavy atom. The maximum absolute atomic E-state index is 14.2. The lowest BCUT2D eigenvalue weighted by Crippen LogP contribution is -2.17. The summed E-state index contributed by atoms with van der Waals surface area (Å²) in [5.74, 6) is -3.45. The number of halogens is 2. The van der Waals surface area contributed by atoms with E-state index in [1.165, 1.54) is 0 Å². The van der Waals surface area contributed by atoms with Gasteiger partial charge in [0.2, 0.25) is 0 Å². The molecule has 0 bridgehead atoms. The Morgan fingerprint density at radius 2 is 1.94 bits per heavy atom. The zero-order chi connectivity index (χ0) is 23.9. The highest BCUT2D eigenvalue weighted by atomic mass is 19.2. The summed E-state index contributed by atoms with van der Waals surface area (Å²) in [6.07, 6.45) is 6.96. The molecule has 1 heterocycles. The van der Waals surface area contributed by atoms with E-state index in [4.69, 9.17) is 14.9 Å². The van der Waals surface area contributed by atoms with Gasteiger partial charge in [-0.15, -0.1) is 0 Å². The van der Waals surface area contributed by atoms with Gasteiger partial charge in [-0.3, -0.25) is 9.59 Å². The van der Waals surface area contributed by atoms with Gasteiger partial charge < -0.3 is 14.9 Å². The molecule has 1 aliphatic rings. The van der Waals surface area contributed by atoms with Gasteiger partial charge in [-0.05, 0) is 63.4 Å². The summed E-state index contributed by atoms with van der Waals surface area (Å²) in [5, 5.41) is 0.391. The lowest BCUT2D eigenvalue weighted by molar-refractivity contribution is 0.0988. The van der Waals surface area contributed by atoms with Crippen LogP contribution in [0.15, 0.2) is 51.7 Å². The zero-order valence-electron chi connectivity index (χ0n) is 18.5. The Hall–Kier alpha value is -3.74. The highest BCUT2D eigenvalue weighted by molar-refractivity contribution is 5.96. The van der Waals surface area contributed by atoms with Gasteiger partial charge in [0.15, 0.2) is 17.1 Å². The molecule has 0 saturated heterocycles. The summed E-state index contributed by atoms with van der Waals surface area (Å²) >= 11 is 0. The van der Waals surface area contributed by atoms with E-state index in [9.17, 15) is 18.4 Å². The van der Waals surface area contributed by atoms with Crippen molar-refractivity contribution in [2.45, 2.75) is 39.7 Å². The number of aryl methyl sites for hydroxylation is 1. The van der Waals surface area contributed by atoms with E-state index in [0.29, 0.717) is 27.9 Å². The fraction of sp³-hybridized carbons (Fsp3) is 0.231. The SMILES string of the molecule is Cc1cc(C(C)Oc2ccc(F)c(F)c2C(N)=O)c2oc(C3=CCCC=C3)c(C)c(=O)c2c1. The van der Waals surface area contributed by atoms with Crippen LogP contribution in [0.4, 0.5) is 8.78 Å². The fourth-order valence-electron chi connectivity index (χ4n) is 4.04. The number of hydrogen-bond acceptors (Lipinski definition) is 4. The van der Waals surface area contributed by atoms with Crippen LogP contribution in [0.2, 0.25) is 0 Å². The number of primary amides is 1. The predicted molar refractivity (Wildman–Crippen MR) is 122 cm³/mol. The van der Waals surface area contributed by atoms with Crippen molar-refractivity contribution in [3.8, 4) is 5.75 Å². The second-order valence-electron chi connectivity index (χ2n) is 8.11. The van der Waals surface area contributed by atoms with Crippen LogP contribution in [0.1, 0.15) is 58.7 Å². The monoisotopic (exact) mass is 451 g/mol. The molecule has 2 N–H and O–H groups in total. The fourth-order valence-corrected chi connectivity index (χ4v) is 4.04. The molecule has 0 fully saturated rings. The van der Waals surface area contributed by atoms with Crippen LogP contribution in [0.3, 0.4) is 0 Å². The van der Waals surface area contributed by atoms with Gasteiger partial charge in [-0.1, -0.05) is 18.2 Å². The molecule has 1 unspecified atom stereocenters. The molecule has 0 saturated carbocycles. The van der Waals surface area contributed by atoms with Gasteiger partial charge in [0.1, 0.15) is 28.8 Å². The Labute approximate surface area is 189 Å². The van der Waals surface area contributed by atoms with Crippen LogP contribution in [-0.2, 0) is 0 Å². The van der Waals surface area contributed by atoms with Crippen LogP contribution in [-0.4, -0.2) is 5.91 Å². The van der Waals surface area contributed by atoms with Crippen molar-refractivity contribution in [3.63, 3.8) is 0 Å². The van der Waals surface area contributed by atoms with E-state index in [1.54, 1.807) is 26.0 Å². The second-order valence-corrected chi connectivity index (χ2v) is 8.11. The van der Waals surface area contributed by atoms with Crippen molar-refractivity contribution in [3.05, 3.63) is 92.4 Å². The van der Waals surface area contributed by atoms with Gasteiger partial charge in [0, 0.05) is 16.7 Å². The van der Waals surface area contributed by atoms with E-state index >= 15 is 0 Å². The topological polar surface area (TPSA) is 82.5 Å². The summed E-state index contributed by atoms with van der Waals surface area (Å²) in [6.45, 7) is 5.23. The van der Waals surface area contributed by atoms with Crippen LogP contribution in [0.25, 0.3) is 16.5 Å². The molecule has 170 valence electrons. The lowest BCUT2D eigenvalue weighted by Gasteiger charge is -2.20. The van der Waals surface area contributed by atoms with Crippen molar-refractivity contribution >= 4 is 22.4 Å². The van der Waals surface area contributed by atoms with E-state index in [-0.39, 0.29) is 11.2 Å². The van der Waals surface area contributed by atoms with E-state index in [2.05, 4.69) is 0 Å². The molecule has 0 aliphatic heterocycles. The quantitative estimate of drug-likeness (QED) is 0.543. The third-order valence-corrected chi connectivity index (χ3v) is 5.69. The van der Waals surface area contributed by atoms with E-state index < -0.39 is 29.2 Å². The van der Waals surface area contributed by atoms with Gasteiger partial charge >= 0.3 is 0 Å². The van der Waals surface area contributed by atoms with Gasteiger partial charge in [-0.2, -0.15) is 0 Å². The van der Waals surface area contributed by atoms with Gasteiger partial charge in [0.25, 0.3) is 5.91 Å². The van der Waals surface area contributed by atoms with Crippen LogP contribution in [0, 0.1) is 25.5 Å². The molecule has 1 aliphatic carbocycles. The Kier molecular flexibility index (Phi) is 5.89. The van der Waals surface area contributed by atoms with Gasteiger partial charge in [-0.25, -0.2) is 8.78 Å². The van der Waals surface area contributed by atoms with Gasteiger partial charge in [0.05, 0.1) is 5.39 Å². The maximum Gasteiger partial charge on any atom is 0.255 e. The minimum absolute atomic E-state index is 0.158. The first-order valence-electron chi connectivity index (χ1n) is 10.6. The number of nitrogens with two attached hydrogens (primary N) is 1. The van der Waals surface area contributed by atoms with Crippen molar-refractivity contribution in [2.24, 2.45) is 5.73 Å². The number of amides is 1. The van der Waals surface area contributed by atoms with Crippen LogP contribution < -0.4 is 15.9 Å². The average Bonchev–Trinajstić information content (AvgIpc) is 2.79. The lowest BCUT2D eigenvalue weighted by atomic mass is 9.98. The third-order valence-electron chi connectivity index (χ3n) is 5.69. The van der Waals surface area contributed by atoms with Crippen LogP contribution in [0.5, 0.6) is 5.75 Å². The molecule has 2 aromatic carbocycles. The Bertz CT molecular complexity index is 1400. The van der Waals surface area contributed by atoms with Crippen LogP contribution >= 0.6 is 0 Å². The molecule has 7 heteroatoms. The number of fused-ring (bicyclic) bond motifs is 1. The number of rotatable bonds is 5. The molecular weight excluding hydrogens is 428 g/mol. The number of allylic oxidation sites excluding steroid dienone is 4. The highest BCUT2D eigenvalue weighted by Gasteiger charge is 2.24. The van der Waals surface area contributed by atoms with E-state index in [0.717, 1.165) is 36.1 Å². The van der Waals surface area contributed by atoms with Crippen molar-refractivity contribution in [2.75, 3.05) is 0 Å². The molecule has 1 amide bonds. The molecule has 3 aromatic rings. The molecule has 33 heavy (non-hydrogen) atoms. The van der Waals surface area contributed by atoms with Crippen molar-refractivity contribution in [1.82, 2.24) is 0 Å². The summed E-state index contributed by atoms with van der Waals surface area (Å²) < 4.78 is 40.0. The van der Waals surface area contributed by atoms with Crippen molar-refractivity contribution in [1.29, 1.82) is 0 Å². The summed E-state index contributed by atoms with van der Waals surface area (Å²) in [5.41, 5.74) is 7.42. The van der Waals surface area contributed by atoms with Crippen molar-refractivity contribution < 1.29 is 22.7 Å². The minimum atomic E-state index is -1.37. The highest BCUT2D eigenvalue weighted by Crippen LogP contribution is 2.34. The normalized spacial score (nSPS) is 14.3. The molecule has 4 rings (SSSR count). The molecule has 0 radical (unpaired) electrons. The Morgan fingerprint density at radius 3 is 2.61 bits per heavy atom. The Balaban J connectivity index is 1.88. The molecule has 1 atom stereocenters. The smallest absolute Gasteiger partial charge is 0.255 e. The largest absolute Gasteiger partial charge is 0.485 e. The number of carbonyl (C=O) groups is 1. The summed E-state index contributed by atoms with van der Waals surface area (Å²) in [4.78, 5) is 24.9. The molecule has 0 spiro atoms. The maximum atomic E-state index is 14.2. The molecule has 1 aromatic heterocycles. The zero-order valence-corrected chi connectivity index (χ0v) is 18.5.